The fourth-order valence-corrected chi connectivity index (χ4v) is 2.58. The van der Waals surface area contributed by atoms with Crippen LogP contribution < -0.4 is 15.4 Å². The van der Waals surface area contributed by atoms with Gasteiger partial charge in [-0.2, -0.15) is 0 Å². The van der Waals surface area contributed by atoms with E-state index in [0.717, 1.165) is 0 Å². The lowest BCUT2D eigenvalue weighted by Crippen LogP contribution is -2.23. The van der Waals surface area contributed by atoms with E-state index >= 15 is 0 Å². The molecule has 2 aromatic heterocycles. The number of nitrogens with one attached hydrogen (secondary N) is 2. The highest BCUT2D eigenvalue weighted by Crippen LogP contribution is 2.27. The van der Waals surface area contributed by atoms with Crippen LogP contribution in [0.15, 0.2) is 59.5 Å². The number of anilines is 1. The van der Waals surface area contributed by atoms with Crippen molar-refractivity contribution in [2.75, 3.05) is 12.4 Å². The Bertz CT molecular complexity index is 957. The van der Waals surface area contributed by atoms with E-state index in [-0.39, 0.29) is 23.6 Å². The molecule has 2 heterocycles. The number of rotatable bonds is 6. The molecular formula is C19H16ClN3O4. The van der Waals surface area contributed by atoms with Crippen LogP contribution in [0.3, 0.4) is 0 Å². The Kier molecular flexibility index (Phi) is 5.73. The third kappa shape index (κ3) is 4.65. The van der Waals surface area contributed by atoms with Gasteiger partial charge in [0.2, 0.25) is 0 Å². The van der Waals surface area contributed by atoms with Crippen LogP contribution in [0, 0.1) is 0 Å². The number of halogens is 1. The van der Waals surface area contributed by atoms with Gasteiger partial charge < -0.3 is 19.8 Å². The van der Waals surface area contributed by atoms with E-state index in [1.54, 1.807) is 30.3 Å². The lowest BCUT2D eigenvalue weighted by Gasteiger charge is -2.09. The highest BCUT2D eigenvalue weighted by molar-refractivity contribution is 6.32. The Morgan fingerprint density at radius 2 is 1.93 bits per heavy atom. The van der Waals surface area contributed by atoms with Crippen LogP contribution in [0.5, 0.6) is 5.75 Å². The number of benzene rings is 1. The molecule has 138 valence electrons. The van der Waals surface area contributed by atoms with E-state index in [2.05, 4.69) is 15.6 Å². The monoisotopic (exact) mass is 385 g/mol. The first kappa shape index (κ1) is 18.5. The van der Waals surface area contributed by atoms with Crippen LogP contribution in [0.4, 0.5) is 5.69 Å². The second kappa shape index (κ2) is 8.37. The summed E-state index contributed by atoms with van der Waals surface area (Å²) in [4.78, 5) is 28.6. The molecule has 0 bridgehead atoms. The lowest BCUT2D eigenvalue weighted by molar-refractivity contribution is 0.0947. The summed E-state index contributed by atoms with van der Waals surface area (Å²) in [6, 6.07) is 9.84. The largest absolute Gasteiger partial charge is 0.495 e. The number of hydrogen-bond donors (Lipinski definition) is 2. The van der Waals surface area contributed by atoms with E-state index < -0.39 is 5.91 Å². The van der Waals surface area contributed by atoms with Gasteiger partial charge in [0.1, 0.15) is 11.5 Å². The van der Waals surface area contributed by atoms with Gasteiger partial charge in [-0.15, -0.1) is 0 Å². The zero-order chi connectivity index (χ0) is 19.2. The second-order valence-electron chi connectivity index (χ2n) is 5.53. The molecule has 0 aliphatic carbocycles. The number of carbonyl (C=O) groups excluding carboxylic acids is 2. The minimum Gasteiger partial charge on any atom is -0.495 e. The van der Waals surface area contributed by atoms with Crippen molar-refractivity contribution in [1.29, 1.82) is 0 Å². The molecule has 3 rings (SSSR count). The van der Waals surface area contributed by atoms with Crippen LogP contribution in [0.25, 0.3) is 0 Å². The van der Waals surface area contributed by atoms with Crippen LogP contribution in [0.2, 0.25) is 5.02 Å². The van der Waals surface area contributed by atoms with Crippen LogP contribution >= 0.6 is 11.6 Å². The summed E-state index contributed by atoms with van der Waals surface area (Å²) in [6.07, 6.45) is 4.29. The molecule has 0 radical (unpaired) electrons. The molecule has 7 nitrogen and oxygen atoms in total. The minimum absolute atomic E-state index is 0.243. The molecule has 3 aromatic rings. The average molecular weight is 386 g/mol. The zero-order valence-corrected chi connectivity index (χ0v) is 15.1. The molecule has 8 heteroatoms. The smallest absolute Gasteiger partial charge is 0.257 e. The van der Waals surface area contributed by atoms with Crippen molar-refractivity contribution in [2.24, 2.45) is 0 Å². The molecule has 2 amide bonds. The van der Waals surface area contributed by atoms with Gasteiger partial charge >= 0.3 is 0 Å². The number of furan rings is 1. The molecule has 0 unspecified atom stereocenters. The summed E-state index contributed by atoms with van der Waals surface area (Å²) in [5, 5.41) is 5.78. The maximum atomic E-state index is 12.4. The molecular weight excluding hydrogens is 370 g/mol. The standard InChI is InChI=1S/C19H16ClN3O4/c1-26-17-5-4-14(8-16(17)20)23-19(25)13-7-12(9-21-10-13)18(24)22-11-15-3-2-6-27-15/h2-10H,11H2,1H3,(H,22,24)(H,23,25). The summed E-state index contributed by atoms with van der Waals surface area (Å²) in [5.74, 6) is 0.360. The molecule has 0 saturated carbocycles. The molecule has 0 atom stereocenters. The fourth-order valence-electron chi connectivity index (χ4n) is 2.32. The number of nitrogens with zero attached hydrogens (tertiary/aromatic N) is 1. The zero-order valence-electron chi connectivity index (χ0n) is 14.4. The predicted molar refractivity (Wildman–Crippen MR) is 100 cm³/mol. The summed E-state index contributed by atoms with van der Waals surface area (Å²) < 4.78 is 10.2. The molecule has 1 aromatic carbocycles. The quantitative estimate of drug-likeness (QED) is 0.677. The highest BCUT2D eigenvalue weighted by atomic mass is 35.5. The summed E-state index contributed by atoms with van der Waals surface area (Å²) in [5.41, 5.74) is 1.01. The van der Waals surface area contributed by atoms with Crippen molar-refractivity contribution >= 4 is 29.1 Å². The van der Waals surface area contributed by atoms with Gasteiger partial charge in [0.05, 0.1) is 36.1 Å². The number of amides is 2. The highest BCUT2D eigenvalue weighted by Gasteiger charge is 2.13. The predicted octanol–water partition coefficient (Wildman–Crippen LogP) is 3.52. The van der Waals surface area contributed by atoms with Crippen molar-refractivity contribution in [1.82, 2.24) is 10.3 Å². The van der Waals surface area contributed by atoms with Crippen molar-refractivity contribution in [3.8, 4) is 5.75 Å². The third-order valence-corrected chi connectivity index (χ3v) is 3.97. The van der Waals surface area contributed by atoms with Gasteiger partial charge in [0, 0.05) is 18.1 Å². The summed E-state index contributed by atoms with van der Waals surface area (Å²) >= 11 is 6.05. The first-order valence-electron chi connectivity index (χ1n) is 7.97. The van der Waals surface area contributed by atoms with Gasteiger partial charge in [0.25, 0.3) is 11.8 Å². The molecule has 0 aliphatic heterocycles. The normalized spacial score (nSPS) is 10.3. The van der Waals surface area contributed by atoms with Crippen LogP contribution in [0.1, 0.15) is 26.5 Å². The maximum absolute atomic E-state index is 12.4. The lowest BCUT2D eigenvalue weighted by atomic mass is 10.1. The minimum atomic E-state index is -0.413. The fraction of sp³-hybridized carbons (Fsp3) is 0.105. The summed E-state index contributed by atoms with van der Waals surface area (Å²) in [7, 11) is 1.51. The van der Waals surface area contributed by atoms with E-state index in [1.807, 2.05) is 0 Å². The van der Waals surface area contributed by atoms with Gasteiger partial charge in [-0.3, -0.25) is 14.6 Å². The van der Waals surface area contributed by atoms with Crippen molar-refractivity contribution in [3.05, 3.63) is 77.0 Å². The number of carbonyl (C=O) groups is 2. The molecule has 0 aliphatic rings. The van der Waals surface area contributed by atoms with Crippen molar-refractivity contribution in [3.63, 3.8) is 0 Å². The van der Waals surface area contributed by atoms with E-state index in [4.69, 9.17) is 20.8 Å². The Labute approximate surface area is 160 Å². The van der Waals surface area contributed by atoms with E-state index in [9.17, 15) is 9.59 Å². The third-order valence-electron chi connectivity index (χ3n) is 3.68. The topological polar surface area (TPSA) is 93.5 Å². The Hall–Kier alpha value is -3.32. The number of methoxy groups -OCH3 is 1. The Morgan fingerprint density at radius 3 is 2.59 bits per heavy atom. The van der Waals surface area contributed by atoms with Gasteiger partial charge in [-0.1, -0.05) is 11.6 Å². The van der Waals surface area contributed by atoms with Crippen molar-refractivity contribution in [2.45, 2.75) is 6.54 Å². The second-order valence-corrected chi connectivity index (χ2v) is 5.93. The number of aromatic nitrogens is 1. The Morgan fingerprint density at radius 1 is 1.15 bits per heavy atom. The van der Waals surface area contributed by atoms with Crippen LogP contribution in [-0.4, -0.2) is 23.9 Å². The van der Waals surface area contributed by atoms with Gasteiger partial charge in [-0.05, 0) is 36.4 Å². The number of ether oxygens (including phenoxy) is 1. The molecule has 0 fully saturated rings. The maximum Gasteiger partial charge on any atom is 0.257 e. The van der Waals surface area contributed by atoms with Gasteiger partial charge in [-0.25, -0.2) is 0 Å². The molecule has 0 saturated heterocycles. The molecule has 0 spiro atoms. The average Bonchev–Trinajstić information content (AvgIpc) is 3.20. The van der Waals surface area contributed by atoms with Crippen LogP contribution in [-0.2, 0) is 6.54 Å². The van der Waals surface area contributed by atoms with E-state index in [0.29, 0.717) is 22.2 Å². The number of pyridine rings is 1. The first-order chi connectivity index (χ1) is 13.1. The SMILES string of the molecule is COc1ccc(NC(=O)c2cncc(C(=O)NCc3ccco3)c2)cc1Cl. The van der Waals surface area contributed by atoms with Gasteiger partial charge in [0.15, 0.2) is 0 Å². The van der Waals surface area contributed by atoms with E-state index in [1.165, 1.54) is 31.8 Å². The Balaban J connectivity index is 1.67. The first-order valence-corrected chi connectivity index (χ1v) is 8.35. The summed E-state index contributed by atoms with van der Waals surface area (Å²) in [6.45, 7) is 0.243. The van der Waals surface area contributed by atoms with Crippen molar-refractivity contribution < 1.29 is 18.7 Å². The molecule has 27 heavy (non-hydrogen) atoms. The molecule has 2 N–H and O–H groups in total. The number of hydrogen-bond acceptors (Lipinski definition) is 5.